The van der Waals surface area contributed by atoms with Gasteiger partial charge in [-0.25, -0.2) is 4.79 Å². The normalized spacial score (nSPS) is 20.8. The summed E-state index contributed by atoms with van der Waals surface area (Å²) >= 11 is 0. The van der Waals surface area contributed by atoms with Crippen LogP contribution in [0.2, 0.25) is 0 Å². The molecule has 1 aliphatic rings. The van der Waals surface area contributed by atoms with Gasteiger partial charge in [-0.3, -0.25) is 10.1 Å². The van der Waals surface area contributed by atoms with E-state index in [0.29, 0.717) is 6.54 Å². The zero-order chi connectivity index (χ0) is 10.6. The number of urea groups is 1. The molecular formula is C8H13N3O3. The summed E-state index contributed by atoms with van der Waals surface area (Å²) in [6.07, 6.45) is 1.53. The fourth-order valence-corrected chi connectivity index (χ4v) is 1.13. The lowest BCUT2D eigenvalue weighted by Crippen LogP contribution is -2.52. The molecule has 1 heterocycles. The van der Waals surface area contributed by atoms with Crippen molar-refractivity contribution >= 4 is 12.0 Å². The van der Waals surface area contributed by atoms with Crippen molar-refractivity contribution in [2.75, 3.05) is 6.54 Å². The average Bonchev–Trinajstić information content (AvgIpc) is 2.01. The summed E-state index contributed by atoms with van der Waals surface area (Å²) in [7, 11) is 0. The third-order valence-corrected chi connectivity index (χ3v) is 1.72. The Hall–Kier alpha value is -1.56. The number of amides is 2. The Bertz CT molecular complexity index is 275. The van der Waals surface area contributed by atoms with Crippen LogP contribution in [0, 0.1) is 0 Å². The monoisotopic (exact) mass is 199 g/mol. The molecule has 78 valence electrons. The van der Waals surface area contributed by atoms with Gasteiger partial charge in [0.05, 0.1) is 6.42 Å². The van der Waals surface area contributed by atoms with Crippen LogP contribution < -0.4 is 16.0 Å². The molecule has 6 heteroatoms. The second-order valence-corrected chi connectivity index (χ2v) is 3.02. The number of hydrogen-bond acceptors (Lipinski definition) is 3. The van der Waals surface area contributed by atoms with E-state index in [9.17, 15) is 9.59 Å². The number of hydrogen-bond donors (Lipinski definition) is 4. The van der Waals surface area contributed by atoms with Crippen LogP contribution in [0.1, 0.15) is 13.3 Å². The third kappa shape index (κ3) is 3.44. The minimum atomic E-state index is -0.863. The Balaban J connectivity index is 2.34. The highest BCUT2D eigenvalue weighted by Gasteiger charge is 2.14. The van der Waals surface area contributed by atoms with E-state index in [4.69, 9.17) is 5.11 Å². The third-order valence-electron chi connectivity index (χ3n) is 1.72. The fourth-order valence-electron chi connectivity index (χ4n) is 1.13. The molecule has 2 amide bonds. The van der Waals surface area contributed by atoms with Crippen LogP contribution in [0.3, 0.4) is 0 Å². The molecule has 1 aliphatic heterocycles. The molecule has 0 aromatic carbocycles. The predicted molar refractivity (Wildman–Crippen MR) is 49.5 cm³/mol. The molecule has 0 saturated heterocycles. The SMILES string of the molecule is CC1=CC(NCCC(=O)O)NC(=O)N1. The van der Waals surface area contributed by atoms with Gasteiger partial charge in [0.1, 0.15) is 6.17 Å². The van der Waals surface area contributed by atoms with E-state index in [1.807, 2.05) is 0 Å². The van der Waals surface area contributed by atoms with Crippen LogP contribution >= 0.6 is 0 Å². The molecule has 14 heavy (non-hydrogen) atoms. The largest absolute Gasteiger partial charge is 0.481 e. The van der Waals surface area contributed by atoms with Gasteiger partial charge in [-0.05, 0) is 13.0 Å². The first-order chi connectivity index (χ1) is 6.58. The minimum absolute atomic E-state index is 0.0344. The van der Waals surface area contributed by atoms with Crippen LogP contribution in [-0.2, 0) is 4.79 Å². The van der Waals surface area contributed by atoms with E-state index in [1.54, 1.807) is 13.0 Å². The smallest absolute Gasteiger partial charge is 0.320 e. The highest BCUT2D eigenvalue weighted by atomic mass is 16.4. The summed E-state index contributed by atoms with van der Waals surface area (Å²) in [6, 6.07) is -0.280. The van der Waals surface area contributed by atoms with Crippen molar-refractivity contribution < 1.29 is 14.7 Å². The zero-order valence-corrected chi connectivity index (χ0v) is 7.83. The predicted octanol–water partition coefficient (Wildman–Crippen LogP) is -0.407. The number of aliphatic carboxylic acids is 1. The molecule has 6 nitrogen and oxygen atoms in total. The van der Waals surface area contributed by atoms with Crippen molar-refractivity contribution in [3.05, 3.63) is 11.8 Å². The highest BCUT2D eigenvalue weighted by molar-refractivity contribution is 5.77. The number of carboxylic acids is 1. The summed E-state index contributed by atoms with van der Waals surface area (Å²) in [5.74, 6) is -0.863. The van der Waals surface area contributed by atoms with Crippen molar-refractivity contribution in [3.8, 4) is 0 Å². The second-order valence-electron chi connectivity index (χ2n) is 3.02. The zero-order valence-electron chi connectivity index (χ0n) is 7.83. The van der Waals surface area contributed by atoms with Gasteiger partial charge in [-0.15, -0.1) is 0 Å². The van der Waals surface area contributed by atoms with Gasteiger partial charge >= 0.3 is 12.0 Å². The van der Waals surface area contributed by atoms with E-state index in [1.165, 1.54) is 0 Å². The van der Waals surface area contributed by atoms with Crippen LogP contribution in [0.15, 0.2) is 11.8 Å². The summed E-state index contributed by atoms with van der Waals surface area (Å²) in [6.45, 7) is 2.09. The summed E-state index contributed by atoms with van der Waals surface area (Å²) in [4.78, 5) is 21.2. The topological polar surface area (TPSA) is 90.5 Å². The molecule has 0 fully saturated rings. The van der Waals surface area contributed by atoms with E-state index in [2.05, 4.69) is 16.0 Å². The molecule has 0 aromatic rings. The quantitative estimate of drug-likeness (QED) is 0.495. The average molecular weight is 199 g/mol. The van der Waals surface area contributed by atoms with E-state index >= 15 is 0 Å². The maximum absolute atomic E-state index is 11.0. The fraction of sp³-hybridized carbons (Fsp3) is 0.500. The number of rotatable bonds is 4. The van der Waals surface area contributed by atoms with E-state index in [-0.39, 0.29) is 18.6 Å². The minimum Gasteiger partial charge on any atom is -0.481 e. The lowest BCUT2D eigenvalue weighted by molar-refractivity contribution is -0.136. The first-order valence-corrected chi connectivity index (χ1v) is 4.29. The number of nitrogens with one attached hydrogen (secondary N) is 3. The molecule has 0 aromatic heterocycles. The molecule has 0 bridgehead atoms. The van der Waals surface area contributed by atoms with Crippen LogP contribution in [0.4, 0.5) is 4.79 Å². The first-order valence-electron chi connectivity index (χ1n) is 4.29. The van der Waals surface area contributed by atoms with Gasteiger partial charge in [0.2, 0.25) is 0 Å². The van der Waals surface area contributed by atoms with Gasteiger partial charge < -0.3 is 15.7 Å². The lowest BCUT2D eigenvalue weighted by atomic mass is 10.3. The number of allylic oxidation sites excluding steroid dienone is 1. The molecular weight excluding hydrogens is 186 g/mol. The van der Waals surface area contributed by atoms with Crippen LogP contribution in [0.5, 0.6) is 0 Å². The summed E-state index contributed by atoms with van der Waals surface area (Å²) in [5, 5.41) is 16.4. The molecule has 4 N–H and O–H groups in total. The van der Waals surface area contributed by atoms with Crippen LogP contribution in [-0.4, -0.2) is 29.8 Å². The second kappa shape index (κ2) is 4.61. The van der Waals surface area contributed by atoms with Gasteiger partial charge in [0, 0.05) is 12.2 Å². The Morgan fingerprint density at radius 2 is 2.43 bits per heavy atom. The molecule has 1 rings (SSSR count). The molecule has 0 saturated carbocycles. The van der Waals surface area contributed by atoms with Crippen molar-refractivity contribution in [1.29, 1.82) is 0 Å². The lowest BCUT2D eigenvalue weighted by Gasteiger charge is -2.22. The number of carbonyl (C=O) groups excluding carboxylic acids is 1. The van der Waals surface area contributed by atoms with Crippen molar-refractivity contribution in [2.24, 2.45) is 0 Å². The number of carbonyl (C=O) groups is 2. The Morgan fingerprint density at radius 1 is 1.71 bits per heavy atom. The summed E-state index contributed by atoms with van der Waals surface area (Å²) in [5.41, 5.74) is 0.751. The Labute approximate surface area is 81.4 Å². The van der Waals surface area contributed by atoms with Crippen LogP contribution in [0.25, 0.3) is 0 Å². The van der Waals surface area contributed by atoms with Gasteiger partial charge in [0.15, 0.2) is 0 Å². The summed E-state index contributed by atoms with van der Waals surface area (Å²) < 4.78 is 0. The molecule has 0 radical (unpaired) electrons. The Morgan fingerprint density at radius 3 is 3.00 bits per heavy atom. The van der Waals surface area contributed by atoms with E-state index < -0.39 is 5.97 Å². The highest BCUT2D eigenvalue weighted by Crippen LogP contribution is 1.96. The van der Waals surface area contributed by atoms with Crippen molar-refractivity contribution in [3.63, 3.8) is 0 Å². The van der Waals surface area contributed by atoms with Crippen molar-refractivity contribution in [1.82, 2.24) is 16.0 Å². The molecule has 1 atom stereocenters. The van der Waals surface area contributed by atoms with Gasteiger partial charge in [0.25, 0.3) is 0 Å². The standard InChI is InChI=1S/C8H13N3O3/c1-5-4-6(11-8(14)10-5)9-3-2-7(12)13/h4,6,9H,2-3H2,1H3,(H,12,13)(H2,10,11,14). The molecule has 1 unspecified atom stereocenters. The Kier molecular flexibility index (Phi) is 3.47. The van der Waals surface area contributed by atoms with Gasteiger partial charge in [-0.1, -0.05) is 0 Å². The molecule has 0 spiro atoms. The van der Waals surface area contributed by atoms with Crippen molar-refractivity contribution in [2.45, 2.75) is 19.5 Å². The van der Waals surface area contributed by atoms with E-state index in [0.717, 1.165) is 5.70 Å². The maximum Gasteiger partial charge on any atom is 0.320 e. The molecule has 0 aliphatic carbocycles. The number of carboxylic acid groups (broad SMARTS) is 1. The first kappa shape index (κ1) is 10.5. The maximum atomic E-state index is 11.0. The van der Waals surface area contributed by atoms with Gasteiger partial charge in [-0.2, -0.15) is 0 Å².